The molecule has 478 valence electrons. The SMILES string of the molecule is C.C.C.CC(=O)OC(C)=O.COC(=O)c1cc(C(C)=O)c(C)cc1N.COC(=O)c1cc(C(C)=O)c(C)cc1NC(C)=O.COC(=O)c1cc(I)c(C)cc1N.COC(=O)c1cc(I)c(C)cc1NC(C)=O.COS(=O)(=O)OO.ClC1CCCO1.[HH]. The Morgan fingerprint density at radius 2 is 0.871 bits per heavy atom. The van der Waals surface area contributed by atoms with Gasteiger partial charge in [0, 0.05) is 65.4 Å². The maximum Gasteiger partial charge on any atom is 0.426 e. The maximum absolute atomic E-state index is 11.6. The van der Waals surface area contributed by atoms with Crippen molar-refractivity contribution in [2.45, 2.75) is 110 Å². The first kappa shape index (κ1) is 87.1. The molecule has 1 aliphatic heterocycles. The van der Waals surface area contributed by atoms with E-state index in [0.717, 1.165) is 50.4 Å². The van der Waals surface area contributed by atoms with Crippen molar-refractivity contribution in [2.75, 3.05) is 64.3 Å². The molecule has 0 radical (unpaired) electrons. The number of hydrogen-bond donors (Lipinski definition) is 5. The van der Waals surface area contributed by atoms with Crippen molar-refractivity contribution in [1.82, 2.24) is 0 Å². The zero-order chi connectivity index (χ0) is 63.9. The van der Waals surface area contributed by atoms with E-state index in [1.807, 2.05) is 13.8 Å². The number of carbonyl (C=O) groups excluding carboxylic acids is 10. The molecule has 1 saturated heterocycles. The largest absolute Gasteiger partial charge is 0.465 e. The summed E-state index contributed by atoms with van der Waals surface area (Å²) in [4.78, 5) is 110. The van der Waals surface area contributed by atoms with Gasteiger partial charge in [-0.2, -0.15) is 8.42 Å². The van der Waals surface area contributed by atoms with Crippen LogP contribution < -0.4 is 22.1 Å². The minimum atomic E-state index is -4.10. The molecule has 0 bridgehead atoms. The summed E-state index contributed by atoms with van der Waals surface area (Å²) < 4.78 is 55.1. The van der Waals surface area contributed by atoms with Gasteiger partial charge in [-0.3, -0.25) is 28.8 Å². The Bertz CT molecular complexity index is 3050. The number of nitrogens with two attached hydrogens (primary N) is 2. The Labute approximate surface area is 531 Å². The third-order valence-electron chi connectivity index (χ3n) is 9.85. The normalized spacial score (nSPS) is 11.2. The van der Waals surface area contributed by atoms with Crippen LogP contribution >= 0.6 is 56.8 Å². The number of ether oxygens (including phenoxy) is 6. The summed E-state index contributed by atoms with van der Waals surface area (Å²) in [6.45, 7) is 16.2. The van der Waals surface area contributed by atoms with Gasteiger partial charge in [0.2, 0.25) is 11.8 Å². The lowest BCUT2D eigenvalue weighted by atomic mass is 10.00. The number of carbonyl (C=O) groups is 10. The van der Waals surface area contributed by atoms with E-state index in [2.05, 4.69) is 88.0 Å². The number of methoxy groups -OCH3 is 4. The van der Waals surface area contributed by atoms with Crippen LogP contribution in [-0.4, -0.2) is 121 Å². The lowest BCUT2D eigenvalue weighted by molar-refractivity contribution is -0.156. The number of rotatable bonds is 10. The minimum Gasteiger partial charge on any atom is -0.465 e. The highest BCUT2D eigenvalue weighted by Gasteiger charge is 2.19. The number of aryl methyl sites for hydroxylation is 4. The smallest absolute Gasteiger partial charge is 0.426 e. The molecule has 1 atom stereocenters. The predicted molar refractivity (Wildman–Crippen MR) is 342 cm³/mol. The number of esters is 6. The Balaban J connectivity index is -0.000000222. The van der Waals surface area contributed by atoms with Crippen LogP contribution in [0, 0.1) is 34.8 Å². The van der Waals surface area contributed by atoms with Crippen molar-refractivity contribution in [3.8, 4) is 0 Å². The topological polar surface area (TPSA) is 375 Å². The molecule has 0 spiro atoms. The summed E-state index contributed by atoms with van der Waals surface area (Å²) in [6, 6.07) is 13.1. The molecule has 1 unspecified atom stereocenters. The van der Waals surface area contributed by atoms with Gasteiger partial charge in [0.25, 0.3) is 0 Å². The van der Waals surface area contributed by atoms with Crippen LogP contribution in [0.2, 0.25) is 0 Å². The van der Waals surface area contributed by atoms with Crippen LogP contribution in [0.5, 0.6) is 0 Å². The Kier molecular flexibility index (Phi) is 45.0. The van der Waals surface area contributed by atoms with Gasteiger partial charge in [0.15, 0.2) is 11.6 Å². The average Bonchev–Trinajstić information content (AvgIpc) is 3.39. The highest BCUT2D eigenvalue weighted by Crippen LogP contribution is 2.26. The zero-order valence-electron chi connectivity index (χ0n) is 47.6. The second-order valence-corrected chi connectivity index (χ2v) is 20.5. The third-order valence-corrected chi connectivity index (χ3v) is 13.1. The first-order valence-electron chi connectivity index (χ1n) is 23.4. The van der Waals surface area contributed by atoms with Gasteiger partial charge in [-0.15, -0.1) is 0 Å². The molecule has 5 rings (SSSR count). The molecular weight excluding hydrogens is 1390 g/mol. The number of ketones is 2. The number of Topliss-reactive ketones (excluding diaryl/α,β-unsaturated/α-hetero) is 2. The lowest BCUT2D eigenvalue weighted by Gasteiger charge is -2.12. The van der Waals surface area contributed by atoms with Crippen LogP contribution in [-0.2, 0) is 66.5 Å². The number of alkyl halides is 1. The number of hydrogen-bond acceptors (Lipinski definition) is 23. The van der Waals surface area contributed by atoms with Crippen LogP contribution in [0.15, 0.2) is 48.5 Å². The van der Waals surface area contributed by atoms with E-state index in [9.17, 15) is 56.4 Å². The summed E-state index contributed by atoms with van der Waals surface area (Å²) in [5.74, 6) is -3.86. The van der Waals surface area contributed by atoms with E-state index in [4.69, 9.17) is 33.1 Å². The Morgan fingerprint density at radius 1 is 0.553 bits per heavy atom. The van der Waals surface area contributed by atoms with Gasteiger partial charge in [0.1, 0.15) is 5.56 Å². The van der Waals surface area contributed by atoms with E-state index in [-0.39, 0.29) is 63.8 Å². The molecule has 0 aliphatic carbocycles. The first-order chi connectivity index (χ1) is 38.0. The monoisotopic (exact) mass is 1470 g/mol. The molecule has 29 heteroatoms. The van der Waals surface area contributed by atoms with E-state index >= 15 is 0 Å². The van der Waals surface area contributed by atoms with Crippen molar-refractivity contribution < 1.29 is 100.0 Å². The van der Waals surface area contributed by atoms with Gasteiger partial charge in [-0.25, -0.2) is 28.6 Å². The maximum atomic E-state index is 11.6. The van der Waals surface area contributed by atoms with E-state index in [1.54, 1.807) is 50.2 Å². The first-order valence-corrected chi connectivity index (χ1v) is 27.3. The average molecular weight is 1470 g/mol. The van der Waals surface area contributed by atoms with Crippen LogP contribution in [0.4, 0.5) is 22.7 Å². The lowest BCUT2D eigenvalue weighted by Crippen LogP contribution is -2.14. The van der Waals surface area contributed by atoms with Crippen LogP contribution in [0.25, 0.3) is 0 Å². The van der Waals surface area contributed by atoms with E-state index in [0.29, 0.717) is 50.6 Å². The van der Waals surface area contributed by atoms with Gasteiger partial charge in [-0.05, 0) is 170 Å². The molecule has 25 nitrogen and oxygen atoms in total. The van der Waals surface area contributed by atoms with Crippen LogP contribution in [0.3, 0.4) is 0 Å². The molecule has 85 heavy (non-hydrogen) atoms. The molecule has 4 aromatic rings. The number of amides is 2. The Morgan fingerprint density at radius 3 is 1.15 bits per heavy atom. The fourth-order valence-electron chi connectivity index (χ4n) is 6.07. The molecule has 0 aromatic heterocycles. The summed E-state index contributed by atoms with van der Waals surface area (Å²) in [6.07, 6.45) is 2.16. The molecule has 4 aromatic carbocycles. The molecule has 2 amide bonds. The summed E-state index contributed by atoms with van der Waals surface area (Å²) >= 11 is 9.77. The molecule has 1 aliphatic rings. The fourth-order valence-corrected chi connectivity index (χ4v) is 7.31. The number of benzene rings is 4. The van der Waals surface area contributed by atoms with E-state index in [1.165, 1.54) is 82.1 Å². The fraction of sp³-hybridized carbons (Fsp3) is 0.393. The minimum absolute atomic E-state index is 0. The third kappa shape index (κ3) is 33.6. The quantitative estimate of drug-likeness (QED) is 0.0113. The number of nitrogen functional groups attached to an aromatic ring is 2. The molecule has 1 heterocycles. The molecule has 1 fully saturated rings. The highest BCUT2D eigenvalue weighted by atomic mass is 127. The van der Waals surface area contributed by atoms with Crippen molar-refractivity contribution in [1.29, 1.82) is 0 Å². The summed E-state index contributed by atoms with van der Waals surface area (Å²) in [7, 11) is 1.93. The standard InChI is InChI=1S/C13H15NO4.C11H12INO3.C11H13NO3.C9H10INO2.C4H7ClO.C4H6O3.CH4O5S.3CH4.H2/c1-7-5-12(14-9(3)16)11(13(17)18-4)6-10(7)8(2)15;1-6-4-10(13-7(2)14)8(5-9(6)12)11(15)16-3;1-6-4-10(12)9(11(14)15-3)5-8(6)7(2)13;1-5-3-8(11)6(4-7(5)10)9(12)13-2;5-4-2-1-3-6-4;1-3(5)7-4(2)6;1-5-7(3,4)6-2;;;;/h5-6H,1-4H3,(H,14,16);4-5H,1-3H3,(H,13,14);4-5H,12H2,1-3H3;3-4H,11H2,1-2H3;4H,1-3H2;1-2H3;2H,1H3;3*1H4;1H. The van der Waals surface area contributed by atoms with Crippen molar-refractivity contribution in [3.05, 3.63) is 111 Å². The zero-order valence-corrected chi connectivity index (χ0v) is 53.5. The molecule has 7 N–H and O–H groups in total. The van der Waals surface area contributed by atoms with E-state index < -0.39 is 46.2 Å². The van der Waals surface area contributed by atoms with Crippen molar-refractivity contribution in [2.24, 2.45) is 0 Å². The molecule has 0 saturated carbocycles. The van der Waals surface area contributed by atoms with Gasteiger partial charge in [-0.1, -0.05) is 38.2 Å². The van der Waals surface area contributed by atoms with Crippen molar-refractivity contribution >= 4 is 149 Å². The van der Waals surface area contributed by atoms with Gasteiger partial charge in [0.05, 0.1) is 69.2 Å². The molecular formula is C56H81ClI2N4O21S. The summed E-state index contributed by atoms with van der Waals surface area (Å²) in [5, 5.41) is 12.5. The number of nitrogens with one attached hydrogen (secondary N) is 2. The highest BCUT2D eigenvalue weighted by molar-refractivity contribution is 14.1. The predicted octanol–water partition coefficient (Wildman–Crippen LogP) is 10.8. The van der Waals surface area contributed by atoms with Gasteiger partial charge < -0.3 is 50.5 Å². The second kappa shape index (κ2) is 43.9. The Hall–Kier alpha value is -6.68. The van der Waals surface area contributed by atoms with Gasteiger partial charge >= 0.3 is 46.2 Å². The van der Waals surface area contributed by atoms with Crippen LogP contribution in [0.1, 0.15) is 162 Å². The summed E-state index contributed by atoms with van der Waals surface area (Å²) in [5.41, 5.74) is 18.6. The van der Waals surface area contributed by atoms with Crippen molar-refractivity contribution in [3.63, 3.8) is 0 Å². The second-order valence-electron chi connectivity index (χ2n) is 16.4. The number of halogens is 3. The number of anilines is 4.